The van der Waals surface area contributed by atoms with Crippen molar-refractivity contribution in [3.05, 3.63) is 181 Å². The molecule has 10 rings (SSSR count). The van der Waals surface area contributed by atoms with Crippen molar-refractivity contribution in [3.63, 3.8) is 0 Å². The number of anilines is 3. The Morgan fingerprint density at radius 3 is 1.76 bits per heavy atom. The first-order valence-electron chi connectivity index (χ1n) is 17.4. The van der Waals surface area contributed by atoms with Crippen LogP contribution in [0.25, 0.3) is 70.9 Å². The molecule has 0 saturated carbocycles. The molecule has 0 fully saturated rings. The van der Waals surface area contributed by atoms with Crippen LogP contribution in [0.5, 0.6) is 0 Å². The van der Waals surface area contributed by atoms with Crippen LogP contribution in [0.3, 0.4) is 0 Å². The summed E-state index contributed by atoms with van der Waals surface area (Å²) in [7, 11) is 0. The summed E-state index contributed by atoms with van der Waals surface area (Å²) in [4.78, 5) is 2.37. The van der Waals surface area contributed by atoms with Gasteiger partial charge >= 0.3 is 0 Å². The zero-order valence-corrected chi connectivity index (χ0v) is 28.1. The van der Waals surface area contributed by atoms with Crippen LogP contribution >= 0.6 is 0 Å². The van der Waals surface area contributed by atoms with Crippen molar-refractivity contribution in [2.24, 2.45) is 0 Å². The lowest BCUT2D eigenvalue weighted by Crippen LogP contribution is -2.11. The van der Waals surface area contributed by atoms with E-state index in [1.54, 1.807) is 0 Å². The van der Waals surface area contributed by atoms with Crippen LogP contribution in [0.2, 0.25) is 0 Å². The predicted octanol–water partition coefficient (Wildman–Crippen LogP) is 13.4. The highest BCUT2D eigenvalue weighted by Crippen LogP contribution is 2.46. The minimum absolute atomic E-state index is 1.15. The summed E-state index contributed by atoms with van der Waals surface area (Å²) in [5.41, 5.74) is 12.2. The lowest BCUT2D eigenvalue weighted by Gasteiger charge is -2.28. The number of para-hydroxylation sites is 4. The Bertz CT molecular complexity index is 2830. The van der Waals surface area contributed by atoms with E-state index in [4.69, 9.17) is 0 Å². The molecule has 0 N–H and O–H groups in total. The summed E-state index contributed by atoms with van der Waals surface area (Å²) >= 11 is 0. The van der Waals surface area contributed by atoms with Crippen LogP contribution < -0.4 is 4.90 Å². The molecule has 0 saturated heterocycles. The molecule has 10 aromatic rings. The number of aromatic nitrogens is 1. The molecule has 2 nitrogen and oxygen atoms in total. The minimum atomic E-state index is 1.15. The van der Waals surface area contributed by atoms with Crippen molar-refractivity contribution in [2.75, 3.05) is 4.90 Å². The zero-order valence-electron chi connectivity index (χ0n) is 28.1. The first kappa shape index (κ1) is 28.6. The van der Waals surface area contributed by atoms with Gasteiger partial charge in [0.1, 0.15) is 0 Å². The van der Waals surface area contributed by atoms with Crippen molar-refractivity contribution in [2.45, 2.75) is 13.8 Å². The molecule has 0 aliphatic heterocycles. The monoisotopic (exact) mass is 638 g/mol. The fourth-order valence-corrected chi connectivity index (χ4v) is 8.32. The van der Waals surface area contributed by atoms with Crippen molar-refractivity contribution < 1.29 is 0 Å². The Labute approximate surface area is 291 Å². The number of rotatable bonds is 5. The molecule has 0 bridgehead atoms. The molecule has 0 aliphatic carbocycles. The molecule has 1 heterocycles. The van der Waals surface area contributed by atoms with Gasteiger partial charge in [-0.25, -0.2) is 0 Å². The molecular weight excluding hydrogens is 605 g/mol. The molecule has 50 heavy (non-hydrogen) atoms. The fraction of sp³-hybridized carbons (Fsp3) is 0.0417. The van der Waals surface area contributed by atoms with E-state index in [9.17, 15) is 0 Å². The van der Waals surface area contributed by atoms with E-state index in [0.29, 0.717) is 0 Å². The third kappa shape index (κ3) is 4.22. The van der Waals surface area contributed by atoms with Crippen LogP contribution in [-0.4, -0.2) is 4.57 Å². The van der Waals surface area contributed by atoms with Gasteiger partial charge in [-0.05, 0) is 124 Å². The van der Waals surface area contributed by atoms with Gasteiger partial charge in [0.25, 0.3) is 0 Å². The molecule has 1 aromatic heterocycles. The minimum Gasteiger partial charge on any atom is -0.310 e. The second-order valence-electron chi connectivity index (χ2n) is 13.5. The summed E-state index contributed by atoms with van der Waals surface area (Å²) in [6, 6.07) is 62.1. The van der Waals surface area contributed by atoms with Crippen LogP contribution in [0.15, 0.2) is 170 Å². The molecule has 9 aromatic carbocycles. The van der Waals surface area contributed by atoms with E-state index < -0.39 is 0 Å². The largest absolute Gasteiger partial charge is 0.310 e. The SMILES string of the molecule is Cc1cc(N(c2ccccc2)c2ccccc2)c(C)cc1-c1ccc2ccc3cc4c5ccccc5n(-c5ccccc5)c4c4ccc1c2c34. The molecule has 0 atom stereocenters. The number of nitrogens with zero attached hydrogens (tertiary/aromatic N) is 2. The Hall–Kier alpha value is -6.38. The van der Waals surface area contributed by atoms with E-state index in [1.807, 2.05) is 0 Å². The second kappa shape index (κ2) is 11.1. The molecule has 236 valence electrons. The second-order valence-corrected chi connectivity index (χ2v) is 13.5. The number of hydrogen-bond acceptors (Lipinski definition) is 1. The van der Waals surface area contributed by atoms with Crippen LogP contribution in [-0.2, 0) is 0 Å². The molecule has 0 radical (unpaired) electrons. The highest BCUT2D eigenvalue weighted by molar-refractivity contribution is 6.32. The average molecular weight is 639 g/mol. The lowest BCUT2D eigenvalue weighted by atomic mass is 9.87. The van der Waals surface area contributed by atoms with Crippen LogP contribution in [0.1, 0.15) is 11.1 Å². The zero-order chi connectivity index (χ0) is 33.3. The first-order valence-corrected chi connectivity index (χ1v) is 17.4. The number of aryl methyl sites for hydroxylation is 2. The first-order chi connectivity index (χ1) is 24.7. The van der Waals surface area contributed by atoms with Gasteiger partial charge in [0.15, 0.2) is 0 Å². The average Bonchev–Trinajstić information content (AvgIpc) is 3.50. The standard InChI is InChI=1S/C48H34N2/c1-31-29-45(49(35-14-6-3-7-15-35)36-16-8-4-9-17-36)32(2)28-42(31)38-25-24-33-22-23-34-30-43-39-20-12-13-21-44(39)50(37-18-10-5-11-19-37)48(43)41-27-26-40(38)46(33)47(34)41/h3-30H,1-2H3. The Morgan fingerprint density at radius 2 is 1.02 bits per heavy atom. The molecule has 0 amide bonds. The van der Waals surface area contributed by atoms with E-state index in [0.717, 1.165) is 11.4 Å². The third-order valence-electron chi connectivity index (χ3n) is 10.5. The Morgan fingerprint density at radius 1 is 0.420 bits per heavy atom. The van der Waals surface area contributed by atoms with Gasteiger partial charge in [0.2, 0.25) is 0 Å². The number of fused-ring (bicyclic) bond motifs is 4. The van der Waals surface area contributed by atoms with Gasteiger partial charge in [0.05, 0.1) is 11.0 Å². The predicted molar refractivity (Wildman–Crippen MR) is 214 cm³/mol. The fourth-order valence-electron chi connectivity index (χ4n) is 8.32. The summed E-state index contributed by atoms with van der Waals surface area (Å²) in [5, 5.41) is 10.4. The van der Waals surface area contributed by atoms with Gasteiger partial charge in [0, 0.05) is 38.9 Å². The van der Waals surface area contributed by atoms with E-state index in [2.05, 4.69) is 193 Å². The maximum Gasteiger partial charge on any atom is 0.0620 e. The lowest BCUT2D eigenvalue weighted by molar-refractivity contribution is 1.19. The Kier molecular flexibility index (Phi) is 6.34. The highest BCUT2D eigenvalue weighted by atomic mass is 15.1. The van der Waals surface area contributed by atoms with Crippen molar-refractivity contribution in [1.82, 2.24) is 4.57 Å². The van der Waals surface area contributed by atoms with Crippen molar-refractivity contribution in [1.29, 1.82) is 0 Å². The van der Waals surface area contributed by atoms with Gasteiger partial charge in [-0.1, -0.05) is 109 Å². The highest BCUT2D eigenvalue weighted by Gasteiger charge is 2.21. The van der Waals surface area contributed by atoms with E-state index in [-0.39, 0.29) is 0 Å². The maximum absolute atomic E-state index is 2.45. The van der Waals surface area contributed by atoms with E-state index >= 15 is 0 Å². The quantitative estimate of drug-likeness (QED) is 0.170. The summed E-state index contributed by atoms with van der Waals surface area (Å²) in [6.07, 6.45) is 0. The summed E-state index contributed by atoms with van der Waals surface area (Å²) in [6.45, 7) is 4.50. The number of hydrogen-bond donors (Lipinski definition) is 0. The molecule has 2 heteroatoms. The van der Waals surface area contributed by atoms with Crippen molar-refractivity contribution in [3.8, 4) is 16.8 Å². The van der Waals surface area contributed by atoms with Crippen molar-refractivity contribution >= 4 is 71.2 Å². The Balaban J connectivity index is 1.22. The van der Waals surface area contributed by atoms with Crippen LogP contribution in [0.4, 0.5) is 17.1 Å². The van der Waals surface area contributed by atoms with Gasteiger partial charge in [-0.15, -0.1) is 0 Å². The normalized spacial score (nSPS) is 11.8. The van der Waals surface area contributed by atoms with Gasteiger partial charge in [-0.3, -0.25) is 0 Å². The molecular formula is C48H34N2. The maximum atomic E-state index is 2.45. The summed E-state index contributed by atoms with van der Waals surface area (Å²) < 4.78 is 2.45. The van der Waals surface area contributed by atoms with Gasteiger partial charge in [-0.2, -0.15) is 0 Å². The molecule has 0 aliphatic rings. The summed E-state index contributed by atoms with van der Waals surface area (Å²) in [5.74, 6) is 0. The third-order valence-corrected chi connectivity index (χ3v) is 10.5. The van der Waals surface area contributed by atoms with Crippen LogP contribution in [0, 0.1) is 13.8 Å². The molecule has 0 unspecified atom stereocenters. The molecule has 0 spiro atoms. The van der Waals surface area contributed by atoms with E-state index in [1.165, 1.54) is 87.8 Å². The van der Waals surface area contributed by atoms with Gasteiger partial charge < -0.3 is 9.47 Å². The number of benzene rings is 9. The topological polar surface area (TPSA) is 8.17 Å². The smallest absolute Gasteiger partial charge is 0.0620 e.